The summed E-state index contributed by atoms with van der Waals surface area (Å²) < 4.78 is 0.780. The number of H-pyrrole nitrogens is 1. The predicted molar refractivity (Wildman–Crippen MR) is 56.9 cm³/mol. The first-order valence-corrected chi connectivity index (χ1v) is 5.14. The summed E-state index contributed by atoms with van der Waals surface area (Å²) in [6.07, 6.45) is 2.35. The number of carbonyl (C=O) groups is 1. The maximum absolute atomic E-state index is 11.6. The van der Waals surface area contributed by atoms with Gasteiger partial charge in [-0.1, -0.05) is 6.08 Å². The van der Waals surface area contributed by atoms with Gasteiger partial charge in [-0.05, 0) is 15.9 Å². The van der Waals surface area contributed by atoms with Gasteiger partial charge in [-0.15, -0.1) is 6.58 Å². The molecule has 4 nitrogen and oxygen atoms in total. The van der Waals surface area contributed by atoms with Crippen LogP contribution in [0.15, 0.2) is 23.3 Å². The summed E-state index contributed by atoms with van der Waals surface area (Å²) in [5.41, 5.74) is 0. The molecule has 1 aliphatic heterocycles. The molecule has 1 saturated heterocycles. The van der Waals surface area contributed by atoms with Gasteiger partial charge in [-0.2, -0.15) is 5.10 Å². The topological polar surface area (TPSA) is 49.0 Å². The minimum atomic E-state index is 0.105. The van der Waals surface area contributed by atoms with Crippen molar-refractivity contribution < 1.29 is 4.79 Å². The lowest BCUT2D eigenvalue weighted by Crippen LogP contribution is -2.24. The third-order valence-corrected chi connectivity index (χ3v) is 2.70. The first kappa shape index (κ1) is 9.45. The van der Waals surface area contributed by atoms with E-state index >= 15 is 0 Å². The molecule has 2 heterocycles. The monoisotopic (exact) mass is 255 g/mol. The SMILES string of the molecule is C=CC1CC(=O)N(c2cc(Br)[nH]n2)C1. The van der Waals surface area contributed by atoms with E-state index in [2.05, 4.69) is 32.7 Å². The first-order valence-electron chi connectivity index (χ1n) is 4.34. The number of anilines is 1. The summed E-state index contributed by atoms with van der Waals surface area (Å²) in [4.78, 5) is 13.2. The van der Waals surface area contributed by atoms with Crippen LogP contribution < -0.4 is 4.90 Å². The highest BCUT2D eigenvalue weighted by atomic mass is 79.9. The Balaban J connectivity index is 2.20. The number of amides is 1. The average Bonchev–Trinajstić information content (AvgIpc) is 2.71. The summed E-state index contributed by atoms with van der Waals surface area (Å²) >= 11 is 3.26. The number of rotatable bonds is 2. The van der Waals surface area contributed by atoms with Crippen LogP contribution in [0.1, 0.15) is 6.42 Å². The molecule has 0 aromatic carbocycles. The highest BCUT2D eigenvalue weighted by molar-refractivity contribution is 9.10. The number of aromatic nitrogens is 2. The van der Waals surface area contributed by atoms with Crippen LogP contribution in [0.2, 0.25) is 0 Å². The Morgan fingerprint density at radius 2 is 2.57 bits per heavy atom. The second-order valence-corrected chi connectivity index (χ2v) is 4.13. The first-order chi connectivity index (χ1) is 6.70. The van der Waals surface area contributed by atoms with Crippen LogP contribution in [0.25, 0.3) is 0 Å². The molecule has 1 N–H and O–H groups in total. The van der Waals surface area contributed by atoms with E-state index in [9.17, 15) is 4.79 Å². The molecule has 1 aliphatic rings. The Kier molecular flexibility index (Phi) is 2.41. The predicted octanol–water partition coefficient (Wildman–Crippen LogP) is 1.71. The summed E-state index contributed by atoms with van der Waals surface area (Å²) in [5.74, 6) is 1.03. The van der Waals surface area contributed by atoms with Gasteiger partial charge in [0.15, 0.2) is 5.82 Å². The molecule has 74 valence electrons. The smallest absolute Gasteiger partial charge is 0.228 e. The number of hydrogen-bond acceptors (Lipinski definition) is 2. The average molecular weight is 256 g/mol. The number of hydrogen-bond donors (Lipinski definition) is 1. The van der Waals surface area contributed by atoms with Crippen molar-refractivity contribution in [2.24, 2.45) is 5.92 Å². The molecule has 1 unspecified atom stereocenters. The molecule has 1 fully saturated rings. The minimum Gasteiger partial charge on any atom is -0.295 e. The van der Waals surface area contributed by atoms with Crippen molar-refractivity contribution in [1.29, 1.82) is 0 Å². The van der Waals surface area contributed by atoms with Gasteiger partial charge in [0.2, 0.25) is 5.91 Å². The normalized spacial score (nSPS) is 21.6. The summed E-state index contributed by atoms with van der Waals surface area (Å²) in [7, 11) is 0. The van der Waals surface area contributed by atoms with Gasteiger partial charge >= 0.3 is 0 Å². The van der Waals surface area contributed by atoms with Crippen LogP contribution >= 0.6 is 15.9 Å². The van der Waals surface area contributed by atoms with Crippen molar-refractivity contribution in [3.05, 3.63) is 23.3 Å². The van der Waals surface area contributed by atoms with E-state index in [1.165, 1.54) is 0 Å². The van der Waals surface area contributed by atoms with E-state index in [4.69, 9.17) is 0 Å². The number of nitrogens with one attached hydrogen (secondary N) is 1. The van der Waals surface area contributed by atoms with Crippen molar-refractivity contribution in [3.8, 4) is 0 Å². The van der Waals surface area contributed by atoms with Crippen molar-refractivity contribution >= 4 is 27.7 Å². The molecule has 0 radical (unpaired) electrons. The lowest BCUT2D eigenvalue weighted by Gasteiger charge is -2.11. The van der Waals surface area contributed by atoms with Crippen LogP contribution in [0, 0.1) is 5.92 Å². The summed E-state index contributed by atoms with van der Waals surface area (Å²) in [6.45, 7) is 4.37. The fourth-order valence-corrected chi connectivity index (χ4v) is 1.83. The van der Waals surface area contributed by atoms with Gasteiger partial charge in [-0.25, -0.2) is 0 Å². The van der Waals surface area contributed by atoms with Crippen LogP contribution in [0.3, 0.4) is 0 Å². The quantitative estimate of drug-likeness (QED) is 0.819. The molecule has 2 rings (SSSR count). The van der Waals surface area contributed by atoms with Crippen LogP contribution in [0.5, 0.6) is 0 Å². The zero-order chi connectivity index (χ0) is 10.1. The zero-order valence-corrected chi connectivity index (χ0v) is 9.12. The standard InChI is InChI=1S/C9H10BrN3O/c1-2-6-3-9(14)13(5-6)8-4-7(10)11-12-8/h2,4,6H,1,3,5H2,(H,11,12). The lowest BCUT2D eigenvalue weighted by atomic mass is 10.1. The molecule has 1 amide bonds. The summed E-state index contributed by atoms with van der Waals surface area (Å²) in [5, 5.41) is 6.76. The van der Waals surface area contributed by atoms with E-state index in [0.29, 0.717) is 18.8 Å². The molecule has 14 heavy (non-hydrogen) atoms. The van der Waals surface area contributed by atoms with Gasteiger partial charge in [-0.3, -0.25) is 14.8 Å². The largest absolute Gasteiger partial charge is 0.295 e. The van der Waals surface area contributed by atoms with Gasteiger partial charge in [0.1, 0.15) is 4.60 Å². The third kappa shape index (κ3) is 1.59. The van der Waals surface area contributed by atoms with Crippen molar-refractivity contribution in [2.75, 3.05) is 11.4 Å². The molecular weight excluding hydrogens is 246 g/mol. The van der Waals surface area contributed by atoms with Gasteiger partial charge in [0.25, 0.3) is 0 Å². The fraction of sp³-hybridized carbons (Fsp3) is 0.333. The minimum absolute atomic E-state index is 0.105. The van der Waals surface area contributed by atoms with E-state index in [1.54, 1.807) is 11.0 Å². The maximum Gasteiger partial charge on any atom is 0.228 e. The van der Waals surface area contributed by atoms with Crippen LogP contribution in [-0.2, 0) is 4.79 Å². The molecule has 0 bridgehead atoms. The molecule has 1 atom stereocenters. The Morgan fingerprint density at radius 1 is 1.79 bits per heavy atom. The fourth-order valence-electron chi connectivity index (χ4n) is 1.54. The number of halogens is 1. The lowest BCUT2D eigenvalue weighted by molar-refractivity contribution is -0.117. The van der Waals surface area contributed by atoms with E-state index < -0.39 is 0 Å². The highest BCUT2D eigenvalue weighted by Gasteiger charge is 2.29. The van der Waals surface area contributed by atoms with Gasteiger partial charge < -0.3 is 0 Å². The zero-order valence-electron chi connectivity index (χ0n) is 7.53. The van der Waals surface area contributed by atoms with Gasteiger partial charge in [0.05, 0.1) is 0 Å². The molecule has 1 aromatic rings. The second kappa shape index (κ2) is 3.57. The van der Waals surface area contributed by atoms with Crippen LogP contribution in [0.4, 0.5) is 5.82 Å². The highest BCUT2D eigenvalue weighted by Crippen LogP contribution is 2.25. The van der Waals surface area contributed by atoms with E-state index in [1.807, 2.05) is 6.08 Å². The van der Waals surface area contributed by atoms with Crippen molar-refractivity contribution in [1.82, 2.24) is 10.2 Å². The van der Waals surface area contributed by atoms with Crippen LogP contribution in [-0.4, -0.2) is 22.6 Å². The number of carbonyl (C=O) groups excluding carboxylic acids is 1. The van der Waals surface area contributed by atoms with Crippen molar-refractivity contribution in [2.45, 2.75) is 6.42 Å². The molecule has 0 spiro atoms. The number of nitrogens with zero attached hydrogens (tertiary/aromatic N) is 2. The molecule has 5 heteroatoms. The Bertz CT molecular complexity index is 374. The Hall–Kier alpha value is -1.10. The third-order valence-electron chi connectivity index (χ3n) is 2.30. The van der Waals surface area contributed by atoms with E-state index in [0.717, 1.165) is 4.60 Å². The van der Waals surface area contributed by atoms with Crippen molar-refractivity contribution in [3.63, 3.8) is 0 Å². The maximum atomic E-state index is 11.6. The molecular formula is C9H10BrN3O. The number of aromatic amines is 1. The summed E-state index contributed by atoms with van der Waals surface area (Å²) in [6, 6.07) is 1.80. The molecule has 1 aromatic heterocycles. The second-order valence-electron chi connectivity index (χ2n) is 3.28. The molecule has 0 saturated carbocycles. The Morgan fingerprint density at radius 3 is 3.07 bits per heavy atom. The molecule has 0 aliphatic carbocycles. The Labute approximate surface area is 90.1 Å². The van der Waals surface area contributed by atoms with E-state index in [-0.39, 0.29) is 11.8 Å². The van der Waals surface area contributed by atoms with Gasteiger partial charge in [0, 0.05) is 24.9 Å².